The van der Waals surface area contributed by atoms with Crippen LogP contribution in [0.25, 0.3) is 0 Å². The molecule has 1 aliphatic heterocycles. The first-order chi connectivity index (χ1) is 10.4. The molecule has 2 fully saturated rings. The van der Waals surface area contributed by atoms with Gasteiger partial charge in [0.25, 0.3) is 0 Å². The van der Waals surface area contributed by atoms with E-state index in [9.17, 15) is 4.79 Å². The van der Waals surface area contributed by atoms with Crippen LogP contribution in [-0.2, 0) is 4.79 Å². The number of hydrogen-bond acceptors (Lipinski definition) is 3. The Kier molecular flexibility index (Phi) is 6.04. The molecule has 2 rings (SSSR count). The van der Waals surface area contributed by atoms with E-state index in [0.717, 1.165) is 39.1 Å². The van der Waals surface area contributed by atoms with Crippen molar-refractivity contribution in [3.8, 4) is 0 Å². The molecule has 1 saturated carbocycles. The molecule has 0 bridgehead atoms. The Bertz CT molecular complexity index is 409. The first-order valence-corrected chi connectivity index (χ1v) is 8.79. The molecule has 1 aliphatic carbocycles. The summed E-state index contributed by atoms with van der Waals surface area (Å²) in [5, 5.41) is 3.15. The SMILES string of the molecule is CC(CN1CCN(C)CC1)NC(=O)C=C1CCCCC1(C)C. The number of hydrogen-bond donors (Lipinski definition) is 1. The molecule has 4 nitrogen and oxygen atoms in total. The van der Waals surface area contributed by atoms with Gasteiger partial charge in [0.2, 0.25) is 5.91 Å². The number of rotatable bonds is 4. The Hall–Kier alpha value is -0.870. The van der Waals surface area contributed by atoms with E-state index in [4.69, 9.17) is 0 Å². The van der Waals surface area contributed by atoms with Crippen molar-refractivity contribution in [2.75, 3.05) is 39.8 Å². The third-order valence-electron chi connectivity index (χ3n) is 5.19. The molecule has 2 aliphatic rings. The Morgan fingerprint density at radius 2 is 1.95 bits per heavy atom. The van der Waals surface area contributed by atoms with Crippen molar-refractivity contribution in [2.24, 2.45) is 5.41 Å². The zero-order valence-electron chi connectivity index (χ0n) is 14.8. The highest BCUT2D eigenvalue weighted by molar-refractivity contribution is 5.88. The third-order valence-corrected chi connectivity index (χ3v) is 5.19. The molecule has 0 aromatic heterocycles. The molecule has 22 heavy (non-hydrogen) atoms. The minimum absolute atomic E-state index is 0.0894. The van der Waals surface area contributed by atoms with Gasteiger partial charge in [-0.1, -0.05) is 25.8 Å². The van der Waals surface area contributed by atoms with Crippen molar-refractivity contribution in [1.82, 2.24) is 15.1 Å². The van der Waals surface area contributed by atoms with Crippen LogP contribution in [0.1, 0.15) is 46.5 Å². The van der Waals surface area contributed by atoms with Gasteiger partial charge in [-0.3, -0.25) is 9.69 Å². The summed E-state index contributed by atoms with van der Waals surface area (Å²) >= 11 is 0. The maximum Gasteiger partial charge on any atom is 0.244 e. The molecule has 1 saturated heterocycles. The average Bonchev–Trinajstić information content (AvgIpc) is 2.43. The molecular weight excluding hydrogens is 274 g/mol. The Balaban J connectivity index is 1.81. The smallest absolute Gasteiger partial charge is 0.244 e. The number of nitrogens with one attached hydrogen (secondary N) is 1. The van der Waals surface area contributed by atoms with Crippen LogP contribution in [0.4, 0.5) is 0 Å². The molecule has 1 N–H and O–H groups in total. The van der Waals surface area contributed by atoms with E-state index in [0.29, 0.717) is 0 Å². The van der Waals surface area contributed by atoms with Crippen LogP contribution >= 0.6 is 0 Å². The molecular formula is C18H33N3O. The van der Waals surface area contributed by atoms with Crippen molar-refractivity contribution in [2.45, 2.75) is 52.5 Å². The van der Waals surface area contributed by atoms with E-state index in [2.05, 4.69) is 42.9 Å². The van der Waals surface area contributed by atoms with Gasteiger partial charge in [-0.15, -0.1) is 0 Å². The fourth-order valence-corrected chi connectivity index (χ4v) is 3.56. The summed E-state index contributed by atoms with van der Waals surface area (Å²) in [6.07, 6.45) is 6.65. The molecule has 4 heteroatoms. The summed E-state index contributed by atoms with van der Waals surface area (Å²) in [7, 11) is 2.17. The van der Waals surface area contributed by atoms with Crippen LogP contribution in [0.5, 0.6) is 0 Å². The number of piperazine rings is 1. The van der Waals surface area contributed by atoms with Crippen LogP contribution in [0.15, 0.2) is 11.6 Å². The predicted molar refractivity (Wildman–Crippen MR) is 91.9 cm³/mol. The van der Waals surface area contributed by atoms with Crippen molar-refractivity contribution in [3.63, 3.8) is 0 Å². The first kappa shape index (κ1) is 17.5. The van der Waals surface area contributed by atoms with E-state index in [1.165, 1.54) is 24.8 Å². The quantitative estimate of drug-likeness (QED) is 0.809. The lowest BCUT2D eigenvalue weighted by Gasteiger charge is -2.34. The number of likely N-dealkylation sites (N-methyl/N-ethyl adjacent to an activating group) is 1. The fraction of sp³-hybridized carbons (Fsp3) is 0.833. The molecule has 0 radical (unpaired) electrons. The highest BCUT2D eigenvalue weighted by Crippen LogP contribution is 2.39. The van der Waals surface area contributed by atoms with Crippen LogP contribution in [-0.4, -0.2) is 61.5 Å². The van der Waals surface area contributed by atoms with Gasteiger partial charge in [0.15, 0.2) is 0 Å². The molecule has 0 spiro atoms. The standard InChI is InChI=1S/C18H33N3O/c1-15(14-21-11-9-20(4)10-12-21)19-17(22)13-16-7-5-6-8-18(16,2)3/h13,15H,5-12,14H2,1-4H3,(H,19,22). The van der Waals surface area contributed by atoms with Gasteiger partial charge in [-0.05, 0) is 38.6 Å². The number of allylic oxidation sites excluding steroid dienone is 1. The summed E-state index contributed by atoms with van der Waals surface area (Å²) in [4.78, 5) is 17.1. The molecule has 1 heterocycles. The van der Waals surface area contributed by atoms with Gasteiger partial charge in [-0.25, -0.2) is 0 Å². The van der Waals surface area contributed by atoms with Crippen LogP contribution in [0, 0.1) is 5.41 Å². The lowest BCUT2D eigenvalue weighted by molar-refractivity contribution is -0.117. The number of amides is 1. The zero-order valence-corrected chi connectivity index (χ0v) is 14.8. The topological polar surface area (TPSA) is 35.6 Å². The van der Waals surface area contributed by atoms with E-state index < -0.39 is 0 Å². The summed E-state index contributed by atoms with van der Waals surface area (Å²) in [5.74, 6) is 0.0894. The molecule has 126 valence electrons. The Morgan fingerprint density at radius 1 is 1.27 bits per heavy atom. The van der Waals surface area contributed by atoms with Gasteiger partial charge in [0, 0.05) is 44.8 Å². The van der Waals surface area contributed by atoms with Gasteiger partial charge in [0.1, 0.15) is 0 Å². The molecule has 1 atom stereocenters. The molecule has 1 unspecified atom stereocenters. The average molecular weight is 307 g/mol. The summed E-state index contributed by atoms with van der Waals surface area (Å²) in [6, 6.07) is 0.208. The Morgan fingerprint density at radius 3 is 2.59 bits per heavy atom. The molecule has 0 aromatic carbocycles. The minimum atomic E-state index is 0.0894. The molecule has 1 amide bonds. The van der Waals surface area contributed by atoms with E-state index in [1.807, 2.05) is 6.08 Å². The fourth-order valence-electron chi connectivity index (χ4n) is 3.56. The zero-order chi connectivity index (χ0) is 16.2. The second-order valence-corrected chi connectivity index (χ2v) is 7.77. The largest absolute Gasteiger partial charge is 0.349 e. The van der Waals surface area contributed by atoms with Crippen LogP contribution in [0.2, 0.25) is 0 Å². The number of nitrogens with zero attached hydrogens (tertiary/aromatic N) is 2. The minimum Gasteiger partial charge on any atom is -0.349 e. The normalized spacial score (nSPS) is 26.8. The number of carbonyl (C=O) groups is 1. The number of carbonyl (C=O) groups excluding carboxylic acids is 1. The van der Waals surface area contributed by atoms with Gasteiger partial charge >= 0.3 is 0 Å². The van der Waals surface area contributed by atoms with Crippen molar-refractivity contribution >= 4 is 5.91 Å². The highest BCUT2D eigenvalue weighted by atomic mass is 16.1. The predicted octanol–water partition coefficient (Wildman–Crippen LogP) is 2.27. The van der Waals surface area contributed by atoms with Crippen molar-refractivity contribution in [3.05, 3.63) is 11.6 Å². The van der Waals surface area contributed by atoms with Crippen LogP contribution < -0.4 is 5.32 Å². The maximum absolute atomic E-state index is 12.3. The monoisotopic (exact) mass is 307 g/mol. The lowest BCUT2D eigenvalue weighted by atomic mass is 9.73. The van der Waals surface area contributed by atoms with Crippen LogP contribution in [0.3, 0.4) is 0 Å². The van der Waals surface area contributed by atoms with Gasteiger partial charge in [0.05, 0.1) is 0 Å². The molecule has 0 aromatic rings. The van der Waals surface area contributed by atoms with E-state index in [-0.39, 0.29) is 17.4 Å². The van der Waals surface area contributed by atoms with E-state index in [1.54, 1.807) is 0 Å². The second kappa shape index (κ2) is 7.60. The van der Waals surface area contributed by atoms with Crippen molar-refractivity contribution < 1.29 is 4.79 Å². The van der Waals surface area contributed by atoms with Gasteiger partial charge < -0.3 is 10.2 Å². The summed E-state index contributed by atoms with van der Waals surface area (Å²) in [5.41, 5.74) is 1.51. The van der Waals surface area contributed by atoms with E-state index >= 15 is 0 Å². The lowest BCUT2D eigenvalue weighted by Crippen LogP contribution is -2.49. The summed E-state index contributed by atoms with van der Waals surface area (Å²) in [6.45, 7) is 12.0. The second-order valence-electron chi connectivity index (χ2n) is 7.77. The Labute approximate surface area is 135 Å². The summed E-state index contributed by atoms with van der Waals surface area (Å²) < 4.78 is 0. The maximum atomic E-state index is 12.3. The first-order valence-electron chi connectivity index (χ1n) is 8.79. The van der Waals surface area contributed by atoms with Gasteiger partial charge in [-0.2, -0.15) is 0 Å². The highest BCUT2D eigenvalue weighted by Gasteiger charge is 2.27. The van der Waals surface area contributed by atoms with Crippen molar-refractivity contribution in [1.29, 1.82) is 0 Å². The third kappa shape index (κ3) is 5.10.